The summed E-state index contributed by atoms with van der Waals surface area (Å²) in [6.45, 7) is 1.30. The third kappa shape index (κ3) is 7.31. The van der Waals surface area contributed by atoms with Crippen LogP contribution in [0.25, 0.3) is 0 Å². The van der Waals surface area contributed by atoms with Crippen molar-refractivity contribution in [2.24, 2.45) is 5.92 Å². The van der Waals surface area contributed by atoms with Crippen LogP contribution in [0.3, 0.4) is 0 Å². The van der Waals surface area contributed by atoms with E-state index in [-0.39, 0.29) is 24.8 Å². The zero-order chi connectivity index (χ0) is 15.9. The fourth-order valence-electron chi connectivity index (χ4n) is 2.26. The average Bonchev–Trinajstić information content (AvgIpc) is 2.41. The summed E-state index contributed by atoms with van der Waals surface area (Å²) in [6, 6.07) is 0. The maximum absolute atomic E-state index is 11.9. The number of alkyl halides is 3. The van der Waals surface area contributed by atoms with Crippen molar-refractivity contribution >= 4 is 11.9 Å². The highest BCUT2D eigenvalue weighted by atomic mass is 19.4. The number of nitrogens with one attached hydrogen (secondary N) is 1. The average molecular weight is 310 g/mol. The van der Waals surface area contributed by atoms with Gasteiger partial charge in [-0.15, -0.1) is 0 Å². The minimum Gasteiger partial charge on any atom is -0.481 e. The number of carboxylic acid groups (broad SMARTS) is 1. The van der Waals surface area contributed by atoms with Crippen molar-refractivity contribution < 1.29 is 27.9 Å². The summed E-state index contributed by atoms with van der Waals surface area (Å²) in [5, 5.41) is 11.7. The summed E-state index contributed by atoms with van der Waals surface area (Å²) >= 11 is 0. The van der Waals surface area contributed by atoms with E-state index < -0.39 is 18.6 Å². The molecule has 122 valence electrons. The molecule has 0 aromatic carbocycles. The van der Waals surface area contributed by atoms with E-state index in [0.717, 1.165) is 0 Å². The number of nitrogens with zero attached hydrogens (tertiary/aromatic N) is 1. The van der Waals surface area contributed by atoms with E-state index in [0.29, 0.717) is 38.9 Å². The molecule has 1 aliphatic heterocycles. The summed E-state index contributed by atoms with van der Waals surface area (Å²) < 4.78 is 35.7. The van der Waals surface area contributed by atoms with Gasteiger partial charge in [-0.3, -0.25) is 9.59 Å². The van der Waals surface area contributed by atoms with Crippen LogP contribution < -0.4 is 5.32 Å². The summed E-state index contributed by atoms with van der Waals surface area (Å²) in [5.74, 6) is -1.34. The zero-order valence-corrected chi connectivity index (χ0v) is 11.8. The molecule has 1 aliphatic rings. The van der Waals surface area contributed by atoms with E-state index in [4.69, 9.17) is 5.11 Å². The SMILES string of the molecule is O=C(O)C1CCN(C(=O)CNCCCCC(F)(F)F)CC1. The minimum atomic E-state index is -4.12. The van der Waals surface area contributed by atoms with Crippen molar-refractivity contribution in [2.75, 3.05) is 26.2 Å². The van der Waals surface area contributed by atoms with Gasteiger partial charge in [-0.1, -0.05) is 0 Å². The van der Waals surface area contributed by atoms with Crippen molar-refractivity contribution in [3.05, 3.63) is 0 Å². The Hall–Kier alpha value is -1.31. The Morgan fingerprint density at radius 3 is 2.33 bits per heavy atom. The van der Waals surface area contributed by atoms with E-state index in [2.05, 4.69) is 5.32 Å². The molecule has 0 radical (unpaired) electrons. The fraction of sp³-hybridized carbons (Fsp3) is 0.846. The summed E-state index contributed by atoms with van der Waals surface area (Å²) in [6.07, 6.45) is -3.60. The van der Waals surface area contributed by atoms with Gasteiger partial charge in [-0.2, -0.15) is 13.2 Å². The molecule has 8 heteroatoms. The molecule has 1 amide bonds. The standard InChI is InChI=1S/C13H21F3N2O3/c14-13(15,16)5-1-2-6-17-9-11(19)18-7-3-10(4-8-18)12(20)21/h10,17H,1-9H2,(H,20,21). The maximum atomic E-state index is 11.9. The highest BCUT2D eigenvalue weighted by Gasteiger charge is 2.27. The van der Waals surface area contributed by atoms with Crippen LogP contribution >= 0.6 is 0 Å². The molecule has 1 rings (SSSR count). The molecule has 0 bridgehead atoms. The van der Waals surface area contributed by atoms with E-state index in [9.17, 15) is 22.8 Å². The Morgan fingerprint density at radius 2 is 1.81 bits per heavy atom. The van der Waals surface area contributed by atoms with Crippen molar-refractivity contribution in [2.45, 2.75) is 38.3 Å². The minimum absolute atomic E-state index is 0.0503. The second-order valence-corrected chi connectivity index (χ2v) is 5.24. The fourth-order valence-corrected chi connectivity index (χ4v) is 2.26. The summed E-state index contributed by atoms with van der Waals surface area (Å²) in [4.78, 5) is 24.2. The first kappa shape index (κ1) is 17.7. The van der Waals surface area contributed by atoms with Gasteiger partial charge in [0.1, 0.15) is 0 Å². The van der Waals surface area contributed by atoms with E-state index in [1.807, 2.05) is 0 Å². The summed E-state index contributed by atoms with van der Waals surface area (Å²) in [7, 11) is 0. The predicted octanol–water partition coefficient (Wildman–Crippen LogP) is 1.63. The number of piperidine rings is 1. The molecule has 0 unspecified atom stereocenters. The van der Waals surface area contributed by atoms with Crippen LogP contribution in [0.2, 0.25) is 0 Å². The third-order valence-electron chi connectivity index (χ3n) is 3.54. The van der Waals surface area contributed by atoms with E-state index in [1.165, 1.54) is 0 Å². The number of likely N-dealkylation sites (tertiary alicyclic amines) is 1. The van der Waals surface area contributed by atoms with Gasteiger partial charge in [0.05, 0.1) is 12.5 Å². The molecule has 2 N–H and O–H groups in total. The number of aliphatic carboxylic acids is 1. The second kappa shape index (κ2) is 8.21. The molecular weight excluding hydrogens is 289 g/mol. The first-order valence-corrected chi connectivity index (χ1v) is 7.07. The number of rotatable bonds is 7. The lowest BCUT2D eigenvalue weighted by molar-refractivity contribution is -0.145. The normalized spacial score (nSPS) is 17.0. The lowest BCUT2D eigenvalue weighted by Crippen LogP contribution is -2.44. The predicted molar refractivity (Wildman–Crippen MR) is 69.7 cm³/mol. The highest BCUT2D eigenvalue weighted by molar-refractivity contribution is 5.78. The molecule has 0 aliphatic carbocycles. The van der Waals surface area contributed by atoms with Crippen molar-refractivity contribution in [1.29, 1.82) is 0 Å². The number of halogens is 3. The molecular formula is C13H21F3N2O3. The van der Waals surface area contributed by atoms with Crippen LogP contribution in [0.5, 0.6) is 0 Å². The van der Waals surface area contributed by atoms with Gasteiger partial charge in [-0.25, -0.2) is 0 Å². The molecule has 1 heterocycles. The van der Waals surface area contributed by atoms with Crippen molar-refractivity contribution in [3.8, 4) is 0 Å². The topological polar surface area (TPSA) is 69.6 Å². The molecule has 5 nitrogen and oxygen atoms in total. The van der Waals surface area contributed by atoms with Gasteiger partial charge in [0.15, 0.2) is 0 Å². The molecule has 1 fully saturated rings. The van der Waals surface area contributed by atoms with Crippen LogP contribution in [-0.4, -0.2) is 54.2 Å². The first-order chi connectivity index (χ1) is 9.79. The first-order valence-electron chi connectivity index (χ1n) is 7.07. The number of hydrogen-bond donors (Lipinski definition) is 2. The van der Waals surface area contributed by atoms with Gasteiger partial charge in [-0.05, 0) is 32.2 Å². The highest BCUT2D eigenvalue weighted by Crippen LogP contribution is 2.21. The van der Waals surface area contributed by atoms with Crippen LogP contribution in [0.4, 0.5) is 13.2 Å². The van der Waals surface area contributed by atoms with Crippen LogP contribution in [0, 0.1) is 5.92 Å². The second-order valence-electron chi connectivity index (χ2n) is 5.24. The van der Waals surface area contributed by atoms with Crippen LogP contribution in [0.1, 0.15) is 32.1 Å². The quantitative estimate of drug-likeness (QED) is 0.701. The molecule has 21 heavy (non-hydrogen) atoms. The molecule has 0 spiro atoms. The number of hydrogen-bond acceptors (Lipinski definition) is 3. The van der Waals surface area contributed by atoms with E-state index in [1.54, 1.807) is 4.90 Å². The Bertz CT molecular complexity index is 353. The van der Waals surface area contributed by atoms with Gasteiger partial charge in [0.25, 0.3) is 0 Å². The lowest BCUT2D eigenvalue weighted by Gasteiger charge is -2.30. The molecule has 0 aromatic rings. The monoisotopic (exact) mass is 310 g/mol. The number of carboxylic acids is 1. The van der Waals surface area contributed by atoms with Gasteiger partial charge >= 0.3 is 12.1 Å². The molecule has 0 atom stereocenters. The van der Waals surface area contributed by atoms with Gasteiger partial charge in [0.2, 0.25) is 5.91 Å². The van der Waals surface area contributed by atoms with Gasteiger partial charge < -0.3 is 15.3 Å². The third-order valence-corrected chi connectivity index (χ3v) is 3.54. The number of carbonyl (C=O) groups excluding carboxylic acids is 1. The Labute approximate surface area is 121 Å². The zero-order valence-electron chi connectivity index (χ0n) is 11.8. The van der Waals surface area contributed by atoms with Crippen LogP contribution in [0.15, 0.2) is 0 Å². The number of amides is 1. The summed E-state index contributed by atoms with van der Waals surface area (Å²) in [5.41, 5.74) is 0. The van der Waals surface area contributed by atoms with Gasteiger partial charge in [0, 0.05) is 19.5 Å². The number of unbranched alkanes of at least 4 members (excludes halogenated alkanes) is 1. The molecule has 0 aromatic heterocycles. The molecule has 0 saturated carbocycles. The smallest absolute Gasteiger partial charge is 0.389 e. The van der Waals surface area contributed by atoms with Crippen LogP contribution in [-0.2, 0) is 9.59 Å². The largest absolute Gasteiger partial charge is 0.481 e. The van der Waals surface area contributed by atoms with E-state index >= 15 is 0 Å². The maximum Gasteiger partial charge on any atom is 0.389 e. The Kier molecular flexibility index (Phi) is 6.94. The van der Waals surface area contributed by atoms with Crippen molar-refractivity contribution in [1.82, 2.24) is 10.2 Å². The Balaban J connectivity index is 2.08. The number of carbonyl (C=O) groups is 2. The lowest BCUT2D eigenvalue weighted by atomic mass is 9.97. The van der Waals surface area contributed by atoms with Crippen molar-refractivity contribution in [3.63, 3.8) is 0 Å². The molecule has 1 saturated heterocycles. The Morgan fingerprint density at radius 1 is 1.19 bits per heavy atom.